The first-order valence-corrected chi connectivity index (χ1v) is 6.29. The number of amides is 2. The highest BCUT2D eigenvalue weighted by Crippen LogP contribution is 2.21. The summed E-state index contributed by atoms with van der Waals surface area (Å²) in [4.78, 5) is 26.9. The topological polar surface area (TPSA) is 84.2 Å². The first-order chi connectivity index (χ1) is 9.72. The second-order valence-electron chi connectivity index (χ2n) is 4.64. The molecule has 2 aromatic rings. The predicted molar refractivity (Wildman–Crippen MR) is 71.7 cm³/mol. The number of nitrogens with one attached hydrogen (secondary N) is 2. The van der Waals surface area contributed by atoms with Crippen LogP contribution < -0.4 is 10.6 Å². The summed E-state index contributed by atoms with van der Waals surface area (Å²) in [5, 5.41) is 5.44. The lowest BCUT2D eigenvalue weighted by Gasteiger charge is -2.09. The first-order valence-electron chi connectivity index (χ1n) is 6.29. The zero-order valence-corrected chi connectivity index (χ0v) is 10.6. The summed E-state index contributed by atoms with van der Waals surface area (Å²) >= 11 is 0. The van der Waals surface area contributed by atoms with Crippen LogP contribution in [0.25, 0.3) is 11.3 Å². The van der Waals surface area contributed by atoms with E-state index in [1.807, 2.05) is 12.1 Å². The molecule has 0 radical (unpaired) electrons. The fraction of sp³-hybridized carbons (Fsp3) is 0.214. The van der Waals surface area contributed by atoms with Gasteiger partial charge in [-0.25, -0.2) is 4.98 Å². The third-order valence-corrected chi connectivity index (χ3v) is 3.22. The molecule has 2 N–H and O–H groups in total. The summed E-state index contributed by atoms with van der Waals surface area (Å²) < 4.78 is 5.19. The molecule has 1 atom stereocenters. The van der Waals surface area contributed by atoms with Crippen molar-refractivity contribution in [3.05, 3.63) is 36.9 Å². The van der Waals surface area contributed by atoms with E-state index in [0.717, 1.165) is 5.56 Å². The Balaban J connectivity index is 1.66. The van der Waals surface area contributed by atoms with Gasteiger partial charge in [-0.2, -0.15) is 0 Å². The van der Waals surface area contributed by atoms with Crippen LogP contribution in [0.3, 0.4) is 0 Å². The van der Waals surface area contributed by atoms with E-state index < -0.39 is 0 Å². The Hall–Kier alpha value is -2.63. The third-order valence-electron chi connectivity index (χ3n) is 3.22. The molecule has 2 heterocycles. The fourth-order valence-electron chi connectivity index (χ4n) is 2.11. The van der Waals surface area contributed by atoms with Gasteiger partial charge >= 0.3 is 0 Å². The van der Waals surface area contributed by atoms with E-state index >= 15 is 0 Å². The molecule has 0 unspecified atom stereocenters. The number of nitrogens with zero attached hydrogens (tertiary/aromatic N) is 1. The van der Waals surface area contributed by atoms with Gasteiger partial charge in [-0.1, -0.05) is 0 Å². The molecule has 6 heteroatoms. The Kier molecular flexibility index (Phi) is 3.20. The van der Waals surface area contributed by atoms with Crippen molar-refractivity contribution in [2.24, 2.45) is 5.92 Å². The predicted octanol–water partition coefficient (Wildman–Crippen LogP) is 1.42. The molecule has 1 aromatic heterocycles. The summed E-state index contributed by atoms with van der Waals surface area (Å²) in [5.41, 5.74) is 1.58. The Morgan fingerprint density at radius 2 is 2.15 bits per heavy atom. The van der Waals surface area contributed by atoms with Gasteiger partial charge < -0.3 is 15.1 Å². The minimum Gasteiger partial charge on any atom is -0.444 e. The lowest BCUT2D eigenvalue weighted by atomic mass is 10.1. The molecule has 0 spiro atoms. The summed E-state index contributed by atoms with van der Waals surface area (Å²) in [6.07, 6.45) is 3.25. The lowest BCUT2D eigenvalue weighted by Crippen LogP contribution is -2.24. The largest absolute Gasteiger partial charge is 0.444 e. The van der Waals surface area contributed by atoms with Crippen LogP contribution in [0.1, 0.15) is 6.42 Å². The van der Waals surface area contributed by atoms with Crippen LogP contribution in [-0.2, 0) is 9.59 Å². The number of anilines is 1. The van der Waals surface area contributed by atoms with E-state index in [4.69, 9.17) is 4.42 Å². The second-order valence-corrected chi connectivity index (χ2v) is 4.64. The van der Waals surface area contributed by atoms with Gasteiger partial charge in [0.25, 0.3) is 0 Å². The first kappa shape index (κ1) is 12.4. The van der Waals surface area contributed by atoms with Crippen molar-refractivity contribution < 1.29 is 14.0 Å². The average molecular weight is 271 g/mol. The maximum absolute atomic E-state index is 11.9. The van der Waals surface area contributed by atoms with E-state index in [1.54, 1.807) is 18.3 Å². The van der Waals surface area contributed by atoms with Gasteiger partial charge in [0.05, 0.1) is 12.1 Å². The van der Waals surface area contributed by atoms with Crippen LogP contribution in [0.15, 0.2) is 41.3 Å². The molecule has 1 aliphatic rings. The zero-order valence-electron chi connectivity index (χ0n) is 10.6. The van der Waals surface area contributed by atoms with E-state index in [1.165, 1.54) is 6.39 Å². The van der Waals surface area contributed by atoms with Crippen molar-refractivity contribution in [1.29, 1.82) is 0 Å². The van der Waals surface area contributed by atoms with Crippen LogP contribution in [0.4, 0.5) is 5.69 Å². The molecule has 1 aromatic carbocycles. The highest BCUT2D eigenvalue weighted by atomic mass is 16.3. The maximum Gasteiger partial charge on any atom is 0.229 e. The van der Waals surface area contributed by atoms with Gasteiger partial charge in [-0.3, -0.25) is 9.59 Å². The number of rotatable bonds is 3. The van der Waals surface area contributed by atoms with Gasteiger partial charge in [0.2, 0.25) is 11.8 Å². The van der Waals surface area contributed by atoms with E-state index in [-0.39, 0.29) is 24.2 Å². The van der Waals surface area contributed by atoms with Gasteiger partial charge in [0, 0.05) is 24.2 Å². The molecule has 1 saturated heterocycles. The number of carbonyl (C=O) groups excluding carboxylic acids is 2. The summed E-state index contributed by atoms with van der Waals surface area (Å²) in [6.45, 7) is 0.404. The second kappa shape index (κ2) is 5.16. The molecule has 0 aliphatic carbocycles. The van der Waals surface area contributed by atoms with Gasteiger partial charge in [0.15, 0.2) is 12.2 Å². The fourth-order valence-corrected chi connectivity index (χ4v) is 2.11. The molecule has 6 nitrogen and oxygen atoms in total. The molecule has 0 saturated carbocycles. The highest BCUT2D eigenvalue weighted by molar-refractivity contribution is 5.97. The molecule has 1 fully saturated rings. The number of benzene rings is 1. The SMILES string of the molecule is O=C1C[C@H](C(=O)Nc2ccc(-c3cnco3)cc2)CN1. The van der Waals surface area contributed by atoms with Crippen molar-refractivity contribution in [3.63, 3.8) is 0 Å². The van der Waals surface area contributed by atoms with E-state index in [9.17, 15) is 9.59 Å². The number of oxazole rings is 1. The smallest absolute Gasteiger partial charge is 0.229 e. The molecule has 2 amide bonds. The van der Waals surface area contributed by atoms with E-state index in [2.05, 4.69) is 15.6 Å². The van der Waals surface area contributed by atoms with Crippen LogP contribution in [0, 0.1) is 5.92 Å². The minimum absolute atomic E-state index is 0.0779. The number of aromatic nitrogens is 1. The number of hydrogen-bond donors (Lipinski definition) is 2. The molecule has 1 aliphatic heterocycles. The average Bonchev–Trinajstić information content (AvgIpc) is 3.10. The normalized spacial score (nSPS) is 17.8. The molecular weight excluding hydrogens is 258 g/mol. The van der Waals surface area contributed by atoms with Crippen molar-refractivity contribution in [2.45, 2.75) is 6.42 Å². The van der Waals surface area contributed by atoms with Gasteiger partial charge in [-0.05, 0) is 24.3 Å². The number of carbonyl (C=O) groups is 2. The maximum atomic E-state index is 11.9. The van der Waals surface area contributed by atoms with Crippen molar-refractivity contribution >= 4 is 17.5 Å². The Morgan fingerprint density at radius 1 is 1.35 bits per heavy atom. The Morgan fingerprint density at radius 3 is 2.75 bits per heavy atom. The standard InChI is InChI=1S/C14H13N3O3/c18-13-5-10(6-16-13)14(19)17-11-3-1-9(2-4-11)12-7-15-8-20-12/h1-4,7-8,10H,5-6H2,(H,16,18)(H,17,19)/t10-/m0/s1. The van der Waals surface area contributed by atoms with Gasteiger partial charge in [0.1, 0.15) is 0 Å². The van der Waals surface area contributed by atoms with Crippen LogP contribution in [-0.4, -0.2) is 23.3 Å². The quantitative estimate of drug-likeness (QED) is 0.884. The minimum atomic E-state index is -0.295. The van der Waals surface area contributed by atoms with Crippen LogP contribution >= 0.6 is 0 Å². The monoisotopic (exact) mass is 271 g/mol. The highest BCUT2D eigenvalue weighted by Gasteiger charge is 2.27. The van der Waals surface area contributed by atoms with Crippen LogP contribution in [0.2, 0.25) is 0 Å². The molecular formula is C14H13N3O3. The van der Waals surface area contributed by atoms with Crippen LogP contribution in [0.5, 0.6) is 0 Å². The van der Waals surface area contributed by atoms with Gasteiger partial charge in [-0.15, -0.1) is 0 Å². The van der Waals surface area contributed by atoms with Crippen molar-refractivity contribution in [2.75, 3.05) is 11.9 Å². The summed E-state index contributed by atoms with van der Waals surface area (Å²) in [6, 6.07) is 7.27. The molecule has 102 valence electrons. The lowest BCUT2D eigenvalue weighted by molar-refractivity contribution is -0.123. The summed E-state index contributed by atoms with van der Waals surface area (Å²) in [5.74, 6) is 0.159. The van der Waals surface area contributed by atoms with Crippen molar-refractivity contribution in [3.8, 4) is 11.3 Å². The Bertz CT molecular complexity index is 620. The molecule has 20 heavy (non-hydrogen) atoms. The Labute approximate surface area is 115 Å². The molecule has 3 rings (SSSR count). The summed E-state index contributed by atoms with van der Waals surface area (Å²) in [7, 11) is 0. The molecule has 0 bridgehead atoms. The van der Waals surface area contributed by atoms with E-state index in [0.29, 0.717) is 18.0 Å². The number of hydrogen-bond acceptors (Lipinski definition) is 4. The third kappa shape index (κ3) is 2.54. The van der Waals surface area contributed by atoms with Crippen molar-refractivity contribution in [1.82, 2.24) is 10.3 Å². The zero-order chi connectivity index (χ0) is 13.9.